The van der Waals surface area contributed by atoms with Gasteiger partial charge in [-0.25, -0.2) is 18.5 Å². The number of sulfonamides is 1. The minimum Gasteiger partial charge on any atom is -0.383 e. The number of pyridine rings is 2. The number of amides is 1. The topological polar surface area (TPSA) is 153 Å². The molecule has 1 aliphatic heterocycles. The number of nitrogen functional groups attached to an aromatic ring is 1. The summed E-state index contributed by atoms with van der Waals surface area (Å²) in [4.78, 5) is 25.7. The molecule has 2 aromatic heterocycles. The van der Waals surface area contributed by atoms with E-state index in [1.54, 1.807) is 36.8 Å². The van der Waals surface area contributed by atoms with Gasteiger partial charge in [-0.05, 0) is 53.8 Å². The molecule has 2 unspecified atom stereocenters. The molecule has 5 N–H and O–H groups in total. The second-order valence-electron chi connectivity index (χ2n) is 9.17. The number of nitrogens with two attached hydrogens (primary N) is 2. The van der Waals surface area contributed by atoms with Crippen molar-refractivity contribution in [1.82, 2.24) is 15.3 Å². The van der Waals surface area contributed by atoms with Crippen LogP contribution in [0, 0.1) is 11.8 Å². The number of nitrogens with one attached hydrogen (secondary N) is 1. The van der Waals surface area contributed by atoms with Gasteiger partial charge in [0, 0.05) is 65.8 Å². The number of hydrogen-bond donors (Lipinski definition) is 3. The van der Waals surface area contributed by atoms with Gasteiger partial charge in [-0.15, -0.1) is 0 Å². The first-order valence-electron chi connectivity index (χ1n) is 11.7. The molecule has 2 aliphatic rings. The van der Waals surface area contributed by atoms with Crippen LogP contribution in [0.4, 0.5) is 5.82 Å². The number of benzene rings is 1. The minimum absolute atomic E-state index is 0.129. The van der Waals surface area contributed by atoms with Crippen LogP contribution in [0.3, 0.4) is 0 Å². The largest absolute Gasteiger partial charge is 0.383 e. The first kappa shape index (κ1) is 24.5. The lowest BCUT2D eigenvalue weighted by Gasteiger charge is -2.28. The van der Waals surface area contributed by atoms with Gasteiger partial charge in [0.25, 0.3) is 5.91 Å². The van der Waals surface area contributed by atoms with E-state index >= 15 is 0 Å². The summed E-state index contributed by atoms with van der Waals surface area (Å²) in [6.45, 7) is 2.21. The zero-order valence-electron chi connectivity index (χ0n) is 20.1. The molecule has 188 valence electrons. The summed E-state index contributed by atoms with van der Waals surface area (Å²) in [6, 6.07) is 11.0. The zero-order chi connectivity index (χ0) is 26.2. The Labute approximate surface area is 214 Å². The summed E-state index contributed by atoms with van der Waals surface area (Å²) in [5.41, 5.74) is 9.53. The molecule has 2 atom stereocenters. The molecule has 3 heterocycles. The highest BCUT2D eigenvalue weighted by Crippen LogP contribution is 2.35. The second kappa shape index (κ2) is 9.72. The zero-order valence-corrected chi connectivity index (χ0v) is 20.9. The van der Waals surface area contributed by atoms with Gasteiger partial charge in [0.05, 0.1) is 4.91 Å². The third-order valence-electron chi connectivity index (χ3n) is 6.46. The van der Waals surface area contributed by atoms with Crippen LogP contribution in [0.1, 0.15) is 28.5 Å². The second-order valence-corrected chi connectivity index (χ2v) is 10.7. The highest BCUT2D eigenvalue weighted by Gasteiger charge is 2.32. The van der Waals surface area contributed by atoms with E-state index in [4.69, 9.17) is 10.9 Å². The van der Waals surface area contributed by atoms with Crippen molar-refractivity contribution in [1.29, 1.82) is 0 Å². The highest BCUT2D eigenvalue weighted by atomic mass is 32.2. The number of carbonyl (C=O) groups excluding carboxylic acids is 1. The van der Waals surface area contributed by atoms with Crippen molar-refractivity contribution in [2.24, 2.45) is 22.0 Å². The summed E-state index contributed by atoms with van der Waals surface area (Å²) in [7, 11) is -3.91. The first-order chi connectivity index (χ1) is 17.7. The average Bonchev–Trinajstić information content (AvgIpc) is 2.86. The van der Waals surface area contributed by atoms with E-state index in [-0.39, 0.29) is 16.7 Å². The third kappa shape index (κ3) is 5.35. The van der Waals surface area contributed by atoms with Crippen LogP contribution in [-0.4, -0.2) is 30.5 Å². The van der Waals surface area contributed by atoms with Crippen LogP contribution in [0.2, 0.25) is 0 Å². The van der Waals surface area contributed by atoms with Crippen molar-refractivity contribution >= 4 is 38.7 Å². The maximum Gasteiger partial charge on any atom is 0.251 e. The fourth-order valence-corrected chi connectivity index (χ4v) is 5.58. The smallest absolute Gasteiger partial charge is 0.251 e. The Balaban J connectivity index is 1.31. The number of anilines is 1. The molecule has 0 radical (unpaired) electrons. The lowest BCUT2D eigenvalue weighted by atomic mass is 9.83. The Bertz CT molecular complexity index is 1640. The Hall–Kier alpha value is -4.15. The van der Waals surface area contributed by atoms with E-state index < -0.39 is 15.9 Å². The summed E-state index contributed by atoms with van der Waals surface area (Å²) in [6.07, 6.45) is 10.7. The van der Waals surface area contributed by atoms with Gasteiger partial charge in [0.15, 0.2) is 0 Å². The number of carbonyl (C=O) groups is 1. The molecule has 37 heavy (non-hydrogen) atoms. The Morgan fingerprint density at radius 1 is 1.08 bits per heavy atom. The summed E-state index contributed by atoms with van der Waals surface area (Å²) in [5.74, 6) is -0.353. The van der Waals surface area contributed by atoms with Crippen LogP contribution >= 0.6 is 0 Å². The predicted octanol–water partition coefficient (Wildman–Crippen LogP) is 3.02. The van der Waals surface area contributed by atoms with Crippen molar-refractivity contribution in [3.8, 4) is 0 Å². The minimum atomic E-state index is -3.91. The van der Waals surface area contributed by atoms with Gasteiger partial charge < -0.3 is 11.1 Å². The van der Waals surface area contributed by atoms with Crippen molar-refractivity contribution in [3.05, 3.63) is 100 Å². The van der Waals surface area contributed by atoms with Crippen LogP contribution < -0.4 is 16.2 Å². The number of primary sulfonamides is 1. The van der Waals surface area contributed by atoms with E-state index in [9.17, 15) is 13.2 Å². The molecule has 1 aliphatic carbocycles. The van der Waals surface area contributed by atoms with Crippen molar-refractivity contribution in [3.63, 3.8) is 0 Å². The van der Waals surface area contributed by atoms with E-state index in [1.807, 2.05) is 43.3 Å². The van der Waals surface area contributed by atoms with Gasteiger partial charge in [-0.2, -0.15) is 0 Å². The predicted molar refractivity (Wildman–Crippen MR) is 144 cm³/mol. The maximum atomic E-state index is 12.9. The quantitative estimate of drug-likeness (QED) is 0.460. The highest BCUT2D eigenvalue weighted by molar-refractivity contribution is 7.93. The molecule has 0 bridgehead atoms. The number of rotatable bonds is 6. The number of aromatic nitrogens is 2. The molecule has 1 aromatic carbocycles. The fraction of sp³-hybridized carbons (Fsp3) is 0.185. The number of hydrogen-bond acceptors (Lipinski definition) is 7. The Morgan fingerprint density at radius 2 is 1.89 bits per heavy atom. The molecule has 0 spiro atoms. The molecule has 5 rings (SSSR count). The van der Waals surface area contributed by atoms with Crippen LogP contribution in [0.5, 0.6) is 0 Å². The molecular weight excluding hydrogens is 488 g/mol. The van der Waals surface area contributed by atoms with Crippen LogP contribution in [0.15, 0.2) is 88.2 Å². The van der Waals surface area contributed by atoms with Crippen molar-refractivity contribution in [2.75, 3.05) is 5.73 Å². The third-order valence-corrected chi connectivity index (χ3v) is 7.50. The van der Waals surface area contributed by atoms with E-state index in [1.165, 1.54) is 0 Å². The van der Waals surface area contributed by atoms with Gasteiger partial charge in [-0.1, -0.05) is 24.3 Å². The van der Waals surface area contributed by atoms with Gasteiger partial charge >= 0.3 is 0 Å². The molecule has 0 saturated carbocycles. The van der Waals surface area contributed by atoms with E-state index in [0.29, 0.717) is 30.0 Å². The maximum absolute atomic E-state index is 12.9. The van der Waals surface area contributed by atoms with Gasteiger partial charge in [0.2, 0.25) is 10.0 Å². The molecule has 9 nitrogen and oxygen atoms in total. The SMILES string of the molecule is CC1=CC2C=C(Cc3cc(C(=O)NCc4ccc5c(N)nccc5c4)ccn3)C=C(S(N)(=O)=O)C2C=N1. The normalized spacial score (nSPS) is 19.0. The number of allylic oxidation sites excluding steroid dienone is 6. The van der Waals surface area contributed by atoms with Crippen molar-refractivity contribution in [2.45, 2.75) is 19.9 Å². The summed E-state index contributed by atoms with van der Waals surface area (Å²) < 4.78 is 24.5. The van der Waals surface area contributed by atoms with E-state index in [0.717, 1.165) is 27.6 Å². The Kier molecular flexibility index (Phi) is 6.45. The fourth-order valence-electron chi connectivity index (χ4n) is 4.66. The van der Waals surface area contributed by atoms with Crippen molar-refractivity contribution < 1.29 is 13.2 Å². The molecule has 10 heteroatoms. The molecule has 0 fully saturated rings. The number of aliphatic imine (C=N–C) groups is 1. The summed E-state index contributed by atoms with van der Waals surface area (Å²) in [5, 5.41) is 10.3. The van der Waals surface area contributed by atoms with Crippen LogP contribution in [-0.2, 0) is 23.0 Å². The number of fused-ring (bicyclic) bond motifs is 2. The first-order valence-corrected chi connectivity index (χ1v) is 13.3. The lowest BCUT2D eigenvalue weighted by Crippen LogP contribution is -2.29. The Morgan fingerprint density at radius 3 is 2.70 bits per heavy atom. The molecular formula is C27H26N6O3S. The standard InChI is InChI=1S/C27H26N6O3S/c1-16-8-21-10-18(12-25(37(29,35)36)24(21)15-32-16)11-22-13-20(5-6-30-22)27(34)33-14-17-2-3-23-19(9-17)4-7-31-26(23)28/h2-10,12-13,15,21,24H,11,14H2,1H3,(H2,28,31)(H,33,34)(H2,29,35,36). The molecule has 3 aromatic rings. The monoisotopic (exact) mass is 514 g/mol. The van der Waals surface area contributed by atoms with Gasteiger partial charge in [-0.3, -0.25) is 14.8 Å². The average molecular weight is 515 g/mol. The lowest BCUT2D eigenvalue weighted by molar-refractivity contribution is 0.0950. The summed E-state index contributed by atoms with van der Waals surface area (Å²) >= 11 is 0. The number of nitrogens with zero attached hydrogens (tertiary/aromatic N) is 3. The molecule has 0 saturated heterocycles. The molecule has 1 amide bonds. The van der Waals surface area contributed by atoms with Crippen LogP contribution in [0.25, 0.3) is 10.8 Å². The van der Waals surface area contributed by atoms with Gasteiger partial charge in [0.1, 0.15) is 5.82 Å². The van der Waals surface area contributed by atoms with E-state index in [2.05, 4.69) is 20.3 Å².